The Kier molecular flexibility index (Phi) is 3.36. The second-order valence-electron chi connectivity index (χ2n) is 5.77. The van der Waals surface area contributed by atoms with Gasteiger partial charge in [-0.05, 0) is 44.2 Å². The van der Waals surface area contributed by atoms with Gasteiger partial charge in [-0.25, -0.2) is 4.39 Å². The predicted molar refractivity (Wildman–Crippen MR) is 79.1 cm³/mol. The van der Waals surface area contributed by atoms with E-state index >= 15 is 0 Å². The first-order valence-corrected chi connectivity index (χ1v) is 8.19. The van der Waals surface area contributed by atoms with E-state index in [1.807, 2.05) is 19.9 Å². The molecule has 0 aliphatic carbocycles. The number of halogens is 1. The summed E-state index contributed by atoms with van der Waals surface area (Å²) < 4.78 is 48.4. The van der Waals surface area contributed by atoms with Gasteiger partial charge in [0.2, 0.25) is 0 Å². The zero-order chi connectivity index (χ0) is 16.0. The molecule has 1 aliphatic rings. The van der Waals surface area contributed by atoms with Crippen LogP contribution in [0.4, 0.5) is 4.39 Å². The molecular weight excluding hydrogens is 307 g/mol. The van der Waals surface area contributed by atoms with E-state index in [4.69, 9.17) is 8.92 Å². The molecule has 0 fully saturated rings. The lowest BCUT2D eigenvalue weighted by Gasteiger charge is -2.18. The van der Waals surface area contributed by atoms with Gasteiger partial charge in [0.25, 0.3) is 0 Å². The van der Waals surface area contributed by atoms with Crippen LogP contribution in [0, 0.1) is 5.82 Å². The second-order valence-corrected chi connectivity index (χ2v) is 7.32. The third-order valence-corrected chi connectivity index (χ3v) is 4.61. The highest BCUT2D eigenvalue weighted by atomic mass is 32.2. The lowest BCUT2D eigenvalue weighted by Crippen LogP contribution is -2.24. The lowest BCUT2D eigenvalue weighted by atomic mass is 10.0. The summed E-state index contributed by atoms with van der Waals surface area (Å²) >= 11 is 0. The van der Waals surface area contributed by atoms with Crippen LogP contribution in [0.15, 0.2) is 47.4 Å². The Balaban J connectivity index is 1.95. The molecular formula is C16H15FO4S. The van der Waals surface area contributed by atoms with Gasteiger partial charge in [-0.1, -0.05) is 12.1 Å². The fourth-order valence-corrected chi connectivity index (χ4v) is 3.35. The number of hydrogen-bond donors (Lipinski definition) is 0. The molecule has 0 N–H and O–H groups in total. The Morgan fingerprint density at radius 2 is 1.82 bits per heavy atom. The van der Waals surface area contributed by atoms with Gasteiger partial charge in [0.1, 0.15) is 16.3 Å². The molecule has 0 radical (unpaired) electrons. The molecule has 0 saturated carbocycles. The second kappa shape index (κ2) is 4.98. The molecule has 22 heavy (non-hydrogen) atoms. The van der Waals surface area contributed by atoms with Gasteiger partial charge in [0, 0.05) is 12.0 Å². The van der Waals surface area contributed by atoms with Crippen molar-refractivity contribution in [1.82, 2.24) is 0 Å². The maximum absolute atomic E-state index is 12.9. The van der Waals surface area contributed by atoms with E-state index < -0.39 is 21.5 Å². The minimum atomic E-state index is -4.04. The van der Waals surface area contributed by atoms with Crippen molar-refractivity contribution in [2.75, 3.05) is 0 Å². The van der Waals surface area contributed by atoms with E-state index in [0.29, 0.717) is 12.2 Å². The van der Waals surface area contributed by atoms with Crippen LogP contribution < -0.4 is 8.92 Å². The van der Waals surface area contributed by atoms with Gasteiger partial charge >= 0.3 is 10.1 Å². The van der Waals surface area contributed by atoms with Crippen LogP contribution in [0.2, 0.25) is 0 Å². The van der Waals surface area contributed by atoms with Crippen molar-refractivity contribution >= 4 is 10.1 Å². The first-order chi connectivity index (χ1) is 10.3. The third kappa shape index (κ3) is 2.78. The Hall–Kier alpha value is -2.08. The quantitative estimate of drug-likeness (QED) is 0.814. The molecule has 1 aliphatic heterocycles. The van der Waals surface area contributed by atoms with Gasteiger partial charge in [0.15, 0.2) is 11.5 Å². The van der Waals surface area contributed by atoms with E-state index in [1.54, 1.807) is 12.1 Å². The maximum atomic E-state index is 12.9. The average Bonchev–Trinajstić information content (AvgIpc) is 2.74. The molecule has 1 heterocycles. The van der Waals surface area contributed by atoms with Gasteiger partial charge in [-0.2, -0.15) is 8.42 Å². The Labute approximate surface area is 128 Å². The van der Waals surface area contributed by atoms with E-state index in [9.17, 15) is 12.8 Å². The normalized spacial score (nSPS) is 16.0. The first-order valence-electron chi connectivity index (χ1n) is 6.78. The van der Waals surface area contributed by atoms with Crippen molar-refractivity contribution in [3.05, 3.63) is 53.8 Å². The topological polar surface area (TPSA) is 52.6 Å². The molecule has 0 atom stereocenters. The number of para-hydroxylation sites is 1. The predicted octanol–water partition coefficient (Wildman–Crippen LogP) is 3.31. The zero-order valence-electron chi connectivity index (χ0n) is 12.2. The molecule has 6 heteroatoms. The Morgan fingerprint density at radius 1 is 1.14 bits per heavy atom. The van der Waals surface area contributed by atoms with Crippen LogP contribution in [0.3, 0.4) is 0 Å². The molecule has 116 valence electrons. The largest absolute Gasteiger partial charge is 0.483 e. The maximum Gasteiger partial charge on any atom is 0.339 e. The minimum absolute atomic E-state index is 0.108. The summed E-state index contributed by atoms with van der Waals surface area (Å²) in [5, 5.41) is 0. The number of fused-ring (bicyclic) bond motifs is 1. The van der Waals surface area contributed by atoms with Crippen molar-refractivity contribution in [2.24, 2.45) is 0 Å². The molecule has 0 unspecified atom stereocenters. The van der Waals surface area contributed by atoms with Crippen LogP contribution >= 0.6 is 0 Å². The van der Waals surface area contributed by atoms with Crippen LogP contribution in [-0.4, -0.2) is 14.0 Å². The summed E-state index contributed by atoms with van der Waals surface area (Å²) in [6.45, 7) is 3.84. The number of hydrogen-bond acceptors (Lipinski definition) is 4. The molecule has 0 amide bonds. The smallest absolute Gasteiger partial charge is 0.339 e. The van der Waals surface area contributed by atoms with Crippen molar-refractivity contribution in [2.45, 2.75) is 30.8 Å². The van der Waals surface area contributed by atoms with Crippen LogP contribution in [-0.2, 0) is 16.5 Å². The Bertz CT molecular complexity index is 811. The summed E-state index contributed by atoms with van der Waals surface area (Å²) in [6.07, 6.45) is 0.677. The standard InChI is InChI=1S/C16H15FO4S/c1-16(2)10-11-4-3-5-14(15(11)20-16)21-22(18,19)13-8-6-12(17)7-9-13/h3-9H,10H2,1-2H3. The molecule has 3 rings (SSSR count). The third-order valence-electron chi connectivity index (χ3n) is 3.36. The number of ether oxygens (including phenoxy) is 1. The zero-order valence-corrected chi connectivity index (χ0v) is 13.0. The minimum Gasteiger partial charge on any atom is -0.483 e. The summed E-state index contributed by atoms with van der Waals surface area (Å²) in [7, 11) is -4.04. The summed E-state index contributed by atoms with van der Waals surface area (Å²) in [6, 6.07) is 9.62. The van der Waals surface area contributed by atoms with Crippen molar-refractivity contribution in [3.8, 4) is 11.5 Å². The fourth-order valence-electron chi connectivity index (χ4n) is 2.42. The van der Waals surface area contributed by atoms with Gasteiger partial charge in [0.05, 0.1) is 0 Å². The highest BCUT2D eigenvalue weighted by Crippen LogP contribution is 2.42. The molecule has 0 saturated heterocycles. The van der Waals surface area contributed by atoms with Crippen LogP contribution in [0.1, 0.15) is 19.4 Å². The SMILES string of the molecule is CC1(C)Cc2cccc(OS(=O)(=O)c3ccc(F)cc3)c2O1. The Morgan fingerprint density at radius 3 is 2.50 bits per heavy atom. The molecule has 2 aromatic carbocycles. The van der Waals surface area contributed by atoms with Gasteiger partial charge in [-0.3, -0.25) is 0 Å². The molecule has 2 aromatic rings. The van der Waals surface area contributed by atoms with Crippen LogP contribution in [0.5, 0.6) is 11.5 Å². The molecule has 0 spiro atoms. The molecule has 0 bridgehead atoms. The number of benzene rings is 2. The van der Waals surface area contributed by atoms with Crippen molar-refractivity contribution < 1.29 is 21.7 Å². The van der Waals surface area contributed by atoms with Crippen LogP contribution in [0.25, 0.3) is 0 Å². The number of rotatable bonds is 3. The fraction of sp³-hybridized carbons (Fsp3) is 0.250. The van der Waals surface area contributed by atoms with Gasteiger partial charge in [-0.15, -0.1) is 0 Å². The van der Waals surface area contributed by atoms with E-state index in [2.05, 4.69) is 0 Å². The first kappa shape index (κ1) is 14.8. The summed E-state index contributed by atoms with van der Waals surface area (Å²) in [5.74, 6) is 0.0789. The lowest BCUT2D eigenvalue weighted by molar-refractivity contribution is 0.136. The summed E-state index contributed by atoms with van der Waals surface area (Å²) in [5.41, 5.74) is 0.498. The average molecular weight is 322 g/mol. The van der Waals surface area contributed by atoms with Gasteiger partial charge < -0.3 is 8.92 Å². The van der Waals surface area contributed by atoms with Crippen molar-refractivity contribution in [3.63, 3.8) is 0 Å². The highest BCUT2D eigenvalue weighted by molar-refractivity contribution is 7.87. The van der Waals surface area contributed by atoms with Crippen molar-refractivity contribution in [1.29, 1.82) is 0 Å². The summed E-state index contributed by atoms with van der Waals surface area (Å²) in [4.78, 5) is -0.108. The monoisotopic (exact) mass is 322 g/mol. The highest BCUT2D eigenvalue weighted by Gasteiger charge is 2.33. The molecule has 4 nitrogen and oxygen atoms in total. The van der Waals surface area contributed by atoms with E-state index in [-0.39, 0.29) is 10.6 Å². The van der Waals surface area contributed by atoms with E-state index in [0.717, 1.165) is 17.7 Å². The molecule has 0 aromatic heterocycles. The van der Waals surface area contributed by atoms with E-state index in [1.165, 1.54) is 12.1 Å².